The number of carbonyl (C=O) groups is 1. The van der Waals surface area contributed by atoms with Gasteiger partial charge < -0.3 is 4.90 Å². The van der Waals surface area contributed by atoms with Gasteiger partial charge in [0.1, 0.15) is 11.5 Å². The lowest BCUT2D eigenvalue weighted by Gasteiger charge is -2.33. The highest BCUT2D eigenvalue weighted by atomic mass is 79.9. The average Bonchev–Trinajstić information content (AvgIpc) is 3.34. The van der Waals surface area contributed by atoms with E-state index < -0.39 is 0 Å². The van der Waals surface area contributed by atoms with E-state index in [9.17, 15) is 9.18 Å². The average molecular weight is 511 g/mol. The standard InChI is InChI=1S/C24H20BrFN4OS/c1-13-16-7-9-32-22(16)6-8-29(13)24(31)20-11-21(14-2-3-14)30-23(27-20)12-19(28-30)17-5-4-15(25)10-18(17)26/h4-5,7,9-14H,2-3,6,8H2,1H3. The maximum atomic E-state index is 14.6. The SMILES string of the molecule is CC1c2ccsc2CCN1C(=O)c1cc(C2CC2)n2nc(-c3ccc(Br)cc3F)cc2n1. The zero-order valence-electron chi connectivity index (χ0n) is 17.4. The number of thiophene rings is 1. The van der Waals surface area contributed by atoms with Gasteiger partial charge in [-0.2, -0.15) is 5.10 Å². The molecule has 4 heterocycles. The van der Waals surface area contributed by atoms with Crippen LogP contribution in [-0.2, 0) is 6.42 Å². The van der Waals surface area contributed by atoms with Crippen LogP contribution in [0.15, 0.2) is 46.3 Å². The summed E-state index contributed by atoms with van der Waals surface area (Å²) in [6, 6.07) is 10.7. The molecular formula is C24H20BrFN4OS. The maximum absolute atomic E-state index is 14.6. The fourth-order valence-corrected chi connectivity index (χ4v) is 5.84. The van der Waals surface area contributed by atoms with Gasteiger partial charge >= 0.3 is 0 Å². The highest BCUT2D eigenvalue weighted by Crippen LogP contribution is 2.41. The summed E-state index contributed by atoms with van der Waals surface area (Å²) in [5.74, 6) is -0.0473. The summed E-state index contributed by atoms with van der Waals surface area (Å²) >= 11 is 5.06. The van der Waals surface area contributed by atoms with Crippen LogP contribution in [0.3, 0.4) is 0 Å². The molecule has 6 rings (SSSR count). The van der Waals surface area contributed by atoms with Crippen molar-refractivity contribution in [2.24, 2.45) is 0 Å². The lowest BCUT2D eigenvalue weighted by molar-refractivity contribution is 0.0673. The van der Waals surface area contributed by atoms with Crippen LogP contribution in [0.25, 0.3) is 16.9 Å². The molecular weight excluding hydrogens is 491 g/mol. The van der Waals surface area contributed by atoms with Crippen molar-refractivity contribution in [2.75, 3.05) is 6.54 Å². The van der Waals surface area contributed by atoms with Crippen LogP contribution in [0, 0.1) is 5.82 Å². The Morgan fingerprint density at radius 2 is 2.06 bits per heavy atom. The quantitative estimate of drug-likeness (QED) is 0.339. The molecule has 1 aromatic carbocycles. The molecule has 1 aliphatic heterocycles. The Hall–Kier alpha value is -2.58. The Morgan fingerprint density at radius 1 is 1.22 bits per heavy atom. The second-order valence-corrected chi connectivity index (χ2v) is 10.4. The number of halogens is 2. The third-order valence-corrected chi connectivity index (χ3v) is 7.90. The van der Waals surface area contributed by atoms with E-state index in [1.165, 1.54) is 16.5 Å². The minimum absolute atomic E-state index is 0.0252. The molecule has 4 aromatic rings. The van der Waals surface area contributed by atoms with E-state index in [-0.39, 0.29) is 17.8 Å². The Labute approximate surface area is 197 Å². The zero-order valence-corrected chi connectivity index (χ0v) is 19.8. The van der Waals surface area contributed by atoms with E-state index in [1.807, 2.05) is 11.0 Å². The summed E-state index contributed by atoms with van der Waals surface area (Å²) in [6.07, 6.45) is 3.00. The topological polar surface area (TPSA) is 50.5 Å². The van der Waals surface area contributed by atoms with E-state index in [0.717, 1.165) is 25.0 Å². The van der Waals surface area contributed by atoms with Crippen LogP contribution >= 0.6 is 27.3 Å². The third kappa shape index (κ3) is 3.28. The molecule has 1 saturated carbocycles. The summed E-state index contributed by atoms with van der Waals surface area (Å²) in [5.41, 5.74) is 4.16. The van der Waals surface area contributed by atoms with E-state index in [2.05, 4.69) is 44.4 Å². The van der Waals surface area contributed by atoms with Gasteiger partial charge in [0.25, 0.3) is 5.91 Å². The third-order valence-electron chi connectivity index (χ3n) is 6.41. The monoisotopic (exact) mass is 510 g/mol. The lowest BCUT2D eigenvalue weighted by atomic mass is 10.0. The largest absolute Gasteiger partial charge is 0.330 e. The number of amides is 1. The first-order chi connectivity index (χ1) is 15.5. The molecule has 3 aromatic heterocycles. The number of benzene rings is 1. The first kappa shape index (κ1) is 20.1. The van der Waals surface area contributed by atoms with Gasteiger partial charge in [-0.1, -0.05) is 15.9 Å². The van der Waals surface area contributed by atoms with Gasteiger partial charge in [0.15, 0.2) is 5.65 Å². The van der Waals surface area contributed by atoms with Crippen LogP contribution < -0.4 is 0 Å². The van der Waals surface area contributed by atoms with E-state index in [4.69, 9.17) is 0 Å². The minimum atomic E-state index is -0.347. The number of fused-ring (bicyclic) bond motifs is 2. The van der Waals surface area contributed by atoms with Gasteiger partial charge in [-0.25, -0.2) is 13.9 Å². The summed E-state index contributed by atoms with van der Waals surface area (Å²) in [7, 11) is 0. The van der Waals surface area contributed by atoms with Gasteiger partial charge in [-0.05, 0) is 67.5 Å². The molecule has 0 saturated heterocycles. The lowest BCUT2D eigenvalue weighted by Crippen LogP contribution is -2.38. The smallest absolute Gasteiger partial charge is 0.273 e. The summed E-state index contributed by atoms with van der Waals surface area (Å²) in [4.78, 5) is 21.5. The van der Waals surface area contributed by atoms with Crippen molar-refractivity contribution in [1.29, 1.82) is 0 Å². The molecule has 32 heavy (non-hydrogen) atoms. The molecule has 1 fully saturated rings. The Balaban J connectivity index is 1.42. The molecule has 1 amide bonds. The van der Waals surface area contributed by atoms with Crippen LogP contribution in [0.2, 0.25) is 0 Å². The molecule has 0 spiro atoms. The predicted molar refractivity (Wildman–Crippen MR) is 126 cm³/mol. The van der Waals surface area contributed by atoms with E-state index >= 15 is 0 Å². The summed E-state index contributed by atoms with van der Waals surface area (Å²) < 4.78 is 17.0. The van der Waals surface area contributed by atoms with E-state index in [1.54, 1.807) is 34.1 Å². The molecule has 8 heteroatoms. The summed E-state index contributed by atoms with van der Waals surface area (Å²) in [5, 5.41) is 6.76. The summed E-state index contributed by atoms with van der Waals surface area (Å²) in [6.45, 7) is 2.77. The molecule has 0 bridgehead atoms. The van der Waals surface area contributed by atoms with Crippen LogP contribution in [0.1, 0.15) is 58.3 Å². The van der Waals surface area contributed by atoms with Crippen molar-refractivity contribution >= 4 is 38.8 Å². The highest BCUT2D eigenvalue weighted by molar-refractivity contribution is 9.10. The van der Waals surface area contributed by atoms with Gasteiger partial charge in [0.2, 0.25) is 0 Å². The Kier molecular flexibility index (Phi) is 4.69. The molecule has 0 radical (unpaired) electrons. The van der Waals surface area contributed by atoms with Gasteiger partial charge in [0, 0.05) is 39.1 Å². The van der Waals surface area contributed by atoms with Crippen LogP contribution in [-0.4, -0.2) is 31.9 Å². The maximum Gasteiger partial charge on any atom is 0.273 e. The fourth-order valence-electron chi connectivity index (χ4n) is 4.54. The van der Waals surface area contributed by atoms with E-state index in [0.29, 0.717) is 39.5 Å². The second-order valence-electron chi connectivity index (χ2n) is 8.49. The van der Waals surface area contributed by atoms with Crippen molar-refractivity contribution in [3.63, 3.8) is 0 Å². The van der Waals surface area contributed by atoms with Crippen molar-refractivity contribution in [1.82, 2.24) is 19.5 Å². The molecule has 2 aliphatic rings. The molecule has 5 nitrogen and oxygen atoms in total. The van der Waals surface area contributed by atoms with Crippen LogP contribution in [0.4, 0.5) is 4.39 Å². The molecule has 1 atom stereocenters. The molecule has 1 aliphatic carbocycles. The number of nitrogens with zero attached hydrogens (tertiary/aromatic N) is 4. The van der Waals surface area contributed by atoms with Gasteiger partial charge in [-0.15, -0.1) is 11.3 Å². The number of carbonyl (C=O) groups excluding carboxylic acids is 1. The first-order valence-corrected chi connectivity index (χ1v) is 12.4. The number of hydrogen-bond acceptors (Lipinski definition) is 4. The zero-order chi connectivity index (χ0) is 22.0. The highest BCUT2D eigenvalue weighted by Gasteiger charge is 2.33. The Morgan fingerprint density at radius 3 is 2.84 bits per heavy atom. The van der Waals surface area contributed by atoms with Crippen molar-refractivity contribution in [2.45, 2.75) is 38.1 Å². The Bertz CT molecular complexity index is 1380. The molecule has 0 N–H and O–H groups in total. The van der Waals surface area contributed by atoms with Crippen molar-refractivity contribution in [3.05, 3.63) is 73.9 Å². The molecule has 1 unspecified atom stereocenters. The number of hydrogen-bond donors (Lipinski definition) is 0. The first-order valence-electron chi connectivity index (χ1n) is 10.7. The predicted octanol–water partition coefficient (Wildman–Crippen LogP) is 6.00. The minimum Gasteiger partial charge on any atom is -0.330 e. The number of rotatable bonds is 3. The van der Waals surface area contributed by atoms with Gasteiger partial charge in [-0.3, -0.25) is 4.79 Å². The fraction of sp³-hybridized carbons (Fsp3) is 0.292. The van der Waals surface area contributed by atoms with Crippen LogP contribution in [0.5, 0.6) is 0 Å². The number of aromatic nitrogens is 3. The van der Waals surface area contributed by atoms with Crippen molar-refractivity contribution in [3.8, 4) is 11.3 Å². The normalized spacial score (nSPS) is 18.2. The van der Waals surface area contributed by atoms with Gasteiger partial charge in [0.05, 0.1) is 11.7 Å². The second kappa shape index (κ2) is 7.49. The van der Waals surface area contributed by atoms with Crippen molar-refractivity contribution < 1.29 is 9.18 Å². The molecule has 162 valence electrons.